The first-order valence-electron chi connectivity index (χ1n) is 12.3. The molecule has 1 atom stereocenters. The second-order valence-electron chi connectivity index (χ2n) is 8.22. The number of rotatable bonds is 4. The van der Waals surface area contributed by atoms with Gasteiger partial charge >= 0.3 is 0 Å². The van der Waals surface area contributed by atoms with Gasteiger partial charge in [0.1, 0.15) is 0 Å². The minimum atomic E-state index is 0.248. The van der Waals surface area contributed by atoms with Crippen LogP contribution >= 0.6 is 11.5 Å². The van der Waals surface area contributed by atoms with E-state index in [1.54, 1.807) is 11.5 Å². The van der Waals surface area contributed by atoms with E-state index in [1.165, 1.54) is 65.0 Å². The van der Waals surface area contributed by atoms with Crippen molar-refractivity contribution in [2.24, 2.45) is 15.9 Å². The molecule has 0 fully saturated rings. The van der Waals surface area contributed by atoms with E-state index in [1.807, 2.05) is 26.2 Å². The van der Waals surface area contributed by atoms with E-state index in [0.717, 1.165) is 24.3 Å². The van der Waals surface area contributed by atoms with Crippen LogP contribution in [0.4, 0.5) is 0 Å². The number of aliphatic imine (C=N–C) groups is 2. The molecule has 4 heteroatoms. The minimum Gasteiger partial charge on any atom is -0.259 e. The summed E-state index contributed by atoms with van der Waals surface area (Å²) in [6.07, 6.45) is 23.4. The third kappa shape index (κ3) is 5.35. The van der Waals surface area contributed by atoms with Gasteiger partial charge in [-0.15, -0.1) is 0 Å². The highest BCUT2D eigenvalue weighted by Crippen LogP contribution is 2.36. The molecule has 4 aliphatic rings. The molecule has 1 unspecified atom stereocenters. The van der Waals surface area contributed by atoms with E-state index in [2.05, 4.69) is 55.5 Å². The topological polar surface area (TPSA) is 37.6 Å². The maximum absolute atomic E-state index is 4.78. The molecule has 1 aromatic heterocycles. The molecule has 0 bridgehead atoms. The molecule has 0 saturated carbocycles. The van der Waals surface area contributed by atoms with Crippen LogP contribution in [-0.2, 0) is 6.42 Å². The molecule has 0 radical (unpaired) electrons. The maximum atomic E-state index is 4.78. The first-order valence-corrected chi connectivity index (χ1v) is 13.0. The largest absolute Gasteiger partial charge is 0.259 e. The molecular formula is C28H37N3S. The summed E-state index contributed by atoms with van der Waals surface area (Å²) < 4.78 is 4.68. The van der Waals surface area contributed by atoms with Gasteiger partial charge in [0.15, 0.2) is 0 Å². The monoisotopic (exact) mass is 447 g/mol. The number of allylic oxidation sites excluding steroid dienone is 8. The van der Waals surface area contributed by atoms with Crippen molar-refractivity contribution in [3.63, 3.8) is 0 Å². The summed E-state index contributed by atoms with van der Waals surface area (Å²) >= 11 is 1.63. The molecule has 0 amide bonds. The van der Waals surface area contributed by atoms with Crippen LogP contribution in [0.3, 0.4) is 0 Å². The second kappa shape index (κ2) is 12.1. The lowest BCUT2D eigenvalue weighted by Crippen LogP contribution is -2.26. The Labute approximate surface area is 198 Å². The molecule has 2 aliphatic heterocycles. The van der Waals surface area contributed by atoms with Gasteiger partial charge in [-0.25, -0.2) is 0 Å². The molecule has 5 rings (SSSR count). The van der Waals surface area contributed by atoms with Crippen LogP contribution < -0.4 is 0 Å². The van der Waals surface area contributed by atoms with Gasteiger partial charge in [-0.3, -0.25) is 9.98 Å². The molecular weight excluding hydrogens is 410 g/mol. The molecule has 32 heavy (non-hydrogen) atoms. The van der Waals surface area contributed by atoms with Gasteiger partial charge in [-0.2, -0.15) is 4.37 Å². The lowest BCUT2D eigenvalue weighted by atomic mass is 9.86. The molecule has 1 aromatic rings. The Hall–Kier alpha value is -2.33. The highest BCUT2D eigenvalue weighted by molar-refractivity contribution is 7.06. The summed E-state index contributed by atoms with van der Waals surface area (Å²) in [4.78, 5) is 10.8. The lowest BCUT2D eigenvalue weighted by Gasteiger charge is -2.19. The number of fused-ring (bicyclic) bond motifs is 1. The Morgan fingerprint density at radius 3 is 2.59 bits per heavy atom. The SMILES string of the molecule is CC.CCC.Cc1nsc(CC2=NC=CC3C(C4=CCC=C4)=CN=C23)c1C1=CCCCC1. The predicted octanol–water partition coefficient (Wildman–Crippen LogP) is 8.20. The van der Waals surface area contributed by atoms with Crippen LogP contribution in [0.15, 0.2) is 63.9 Å². The van der Waals surface area contributed by atoms with Crippen LogP contribution in [0.25, 0.3) is 5.57 Å². The van der Waals surface area contributed by atoms with Crippen molar-refractivity contribution in [3.8, 4) is 0 Å². The zero-order chi connectivity index (χ0) is 22.9. The predicted molar refractivity (Wildman–Crippen MR) is 142 cm³/mol. The summed E-state index contributed by atoms with van der Waals surface area (Å²) in [5.74, 6) is 0.248. The van der Waals surface area contributed by atoms with Crippen LogP contribution in [0.2, 0.25) is 0 Å². The number of hydrogen-bond donors (Lipinski definition) is 0. The van der Waals surface area contributed by atoms with Crippen molar-refractivity contribution in [2.45, 2.75) is 79.6 Å². The quantitative estimate of drug-likeness (QED) is 0.458. The van der Waals surface area contributed by atoms with Crippen LogP contribution in [0.1, 0.15) is 82.4 Å². The Balaban J connectivity index is 0.000000536. The normalized spacial score (nSPS) is 20.7. The van der Waals surface area contributed by atoms with Crippen LogP contribution in [-0.4, -0.2) is 15.8 Å². The van der Waals surface area contributed by atoms with E-state index >= 15 is 0 Å². The molecule has 0 N–H and O–H groups in total. The summed E-state index contributed by atoms with van der Waals surface area (Å²) in [7, 11) is 0. The lowest BCUT2D eigenvalue weighted by molar-refractivity contribution is 0.741. The summed E-state index contributed by atoms with van der Waals surface area (Å²) in [6.45, 7) is 10.4. The molecule has 3 heterocycles. The number of nitrogens with zero attached hydrogens (tertiary/aromatic N) is 3. The van der Waals surface area contributed by atoms with Gasteiger partial charge in [0, 0.05) is 35.2 Å². The zero-order valence-corrected chi connectivity index (χ0v) is 21.1. The van der Waals surface area contributed by atoms with Gasteiger partial charge in [0.05, 0.1) is 17.1 Å². The van der Waals surface area contributed by atoms with E-state index < -0.39 is 0 Å². The van der Waals surface area contributed by atoms with Crippen molar-refractivity contribution in [2.75, 3.05) is 0 Å². The average molecular weight is 448 g/mol. The highest BCUT2D eigenvalue weighted by atomic mass is 32.1. The fourth-order valence-electron chi connectivity index (χ4n) is 4.41. The zero-order valence-electron chi connectivity index (χ0n) is 20.3. The van der Waals surface area contributed by atoms with Gasteiger partial charge in [-0.05, 0) is 67.3 Å². The Kier molecular flexibility index (Phi) is 9.16. The Morgan fingerprint density at radius 1 is 1.09 bits per heavy atom. The molecule has 0 aromatic carbocycles. The molecule has 2 aliphatic carbocycles. The van der Waals surface area contributed by atoms with Gasteiger partial charge in [0.25, 0.3) is 0 Å². The summed E-state index contributed by atoms with van der Waals surface area (Å²) in [6, 6.07) is 0. The van der Waals surface area contributed by atoms with E-state index in [9.17, 15) is 0 Å². The Bertz CT molecular complexity index is 1010. The minimum absolute atomic E-state index is 0.248. The van der Waals surface area contributed by atoms with Crippen molar-refractivity contribution >= 4 is 28.5 Å². The van der Waals surface area contributed by atoms with Crippen molar-refractivity contribution in [3.05, 3.63) is 70.1 Å². The van der Waals surface area contributed by atoms with Gasteiger partial charge < -0.3 is 0 Å². The fraction of sp³-hybridized carbons (Fsp3) is 0.464. The second-order valence-corrected chi connectivity index (χ2v) is 9.07. The van der Waals surface area contributed by atoms with Gasteiger partial charge in [-0.1, -0.05) is 64.5 Å². The molecule has 0 spiro atoms. The smallest absolute Gasteiger partial charge is 0.0736 e. The maximum Gasteiger partial charge on any atom is 0.0736 e. The first kappa shape index (κ1) is 24.3. The number of aromatic nitrogens is 1. The molecule has 170 valence electrons. The van der Waals surface area contributed by atoms with Crippen molar-refractivity contribution in [1.82, 2.24) is 4.37 Å². The van der Waals surface area contributed by atoms with E-state index in [0.29, 0.717) is 0 Å². The third-order valence-corrected chi connectivity index (χ3v) is 6.69. The fourth-order valence-corrected chi connectivity index (χ4v) is 5.32. The highest BCUT2D eigenvalue weighted by Gasteiger charge is 2.31. The van der Waals surface area contributed by atoms with Crippen LogP contribution in [0, 0.1) is 12.8 Å². The standard InChI is InChI=1S/C23H23N3S.C3H8.C2H6/c1-15-22(17-9-3-2-4-10-17)21(27-26-15)13-20-23-18(11-12-24-20)19(14-25-23)16-7-5-6-8-16;1-3-2;1-2/h5,7-9,11-12,14,18H,2-4,6,10,13H2,1H3;3H2,1-2H3;1-2H3. The third-order valence-electron chi connectivity index (χ3n) is 5.76. The van der Waals surface area contributed by atoms with Gasteiger partial charge in [0.2, 0.25) is 0 Å². The summed E-state index contributed by atoms with van der Waals surface area (Å²) in [5.41, 5.74) is 8.85. The first-order chi connectivity index (χ1) is 15.7. The number of hydrogen-bond acceptors (Lipinski definition) is 4. The van der Waals surface area contributed by atoms with E-state index in [4.69, 9.17) is 9.98 Å². The van der Waals surface area contributed by atoms with Crippen molar-refractivity contribution in [1.29, 1.82) is 0 Å². The molecule has 0 saturated heterocycles. The summed E-state index contributed by atoms with van der Waals surface area (Å²) in [5, 5.41) is 0. The Morgan fingerprint density at radius 2 is 1.91 bits per heavy atom. The molecule has 3 nitrogen and oxygen atoms in total. The average Bonchev–Trinajstić information content (AvgIpc) is 3.57. The van der Waals surface area contributed by atoms with E-state index in [-0.39, 0.29) is 5.92 Å². The van der Waals surface area contributed by atoms with Crippen LogP contribution in [0.5, 0.6) is 0 Å². The number of aryl methyl sites for hydroxylation is 1. The van der Waals surface area contributed by atoms with Crippen molar-refractivity contribution < 1.29 is 0 Å².